The Labute approximate surface area is 362 Å². The van der Waals surface area contributed by atoms with E-state index in [0.717, 1.165) is 17.1 Å². The fourth-order valence-electron chi connectivity index (χ4n) is 11.2. The van der Waals surface area contributed by atoms with E-state index in [1.165, 1.54) is 77.1 Å². The number of allylic oxidation sites excluding steroid dienone is 4. The zero-order valence-corrected chi connectivity index (χ0v) is 34.5. The molecule has 9 aromatic carbocycles. The van der Waals surface area contributed by atoms with Crippen LogP contribution in [0.4, 0.5) is 11.4 Å². The third-order valence-corrected chi connectivity index (χ3v) is 13.9. The van der Waals surface area contributed by atoms with Crippen LogP contribution in [-0.2, 0) is 5.41 Å². The van der Waals surface area contributed by atoms with Gasteiger partial charge in [0.1, 0.15) is 0 Å². The minimum absolute atomic E-state index is 0.171. The van der Waals surface area contributed by atoms with Gasteiger partial charge in [-0.2, -0.15) is 0 Å². The Morgan fingerprint density at radius 3 is 1.89 bits per heavy atom. The van der Waals surface area contributed by atoms with Crippen molar-refractivity contribution in [3.05, 3.63) is 264 Å². The number of para-hydroxylation sites is 2. The lowest BCUT2D eigenvalue weighted by atomic mass is 9.54. The number of fused-ring (bicyclic) bond motifs is 7. The molecule has 0 aliphatic heterocycles. The molecule has 2 nitrogen and oxygen atoms in total. The lowest BCUT2D eigenvalue weighted by molar-refractivity contribution is 0.290. The summed E-state index contributed by atoms with van der Waals surface area (Å²) in [6.07, 6.45) is 7.49. The van der Waals surface area contributed by atoms with Crippen molar-refractivity contribution in [2.75, 3.05) is 5.32 Å². The molecule has 1 N–H and O–H groups in total. The fraction of sp³-hybridized carbons (Fsp3) is 0.0667. The van der Waals surface area contributed by atoms with Crippen LogP contribution < -0.4 is 5.32 Å². The number of nitrogens with one attached hydrogen (secondary N) is 1. The van der Waals surface area contributed by atoms with Crippen LogP contribution in [0.3, 0.4) is 0 Å². The van der Waals surface area contributed by atoms with Crippen LogP contribution in [-0.4, -0.2) is 4.57 Å². The van der Waals surface area contributed by atoms with Gasteiger partial charge in [0.05, 0.1) is 16.4 Å². The standard InChI is InChI=1S/C60H44N2/c1-59-40-44(32-35-53(59)50-28-13-15-29-54(50)60(59,45-20-5-2-6-21-45)46-22-7-3-8-23-46)51-38-42(33-36-56(51)61-55-30-17-19-41-18-11-12-26-48(41)55)43-34-37-58-52(39-43)49-27-14-16-31-57(49)62(58)47-24-9-4-10-25-47/h2-40,53,61H,1H3/t53?,59-/m0/s1. The van der Waals surface area contributed by atoms with E-state index in [1.807, 2.05) is 0 Å². The van der Waals surface area contributed by atoms with E-state index in [-0.39, 0.29) is 11.3 Å². The molecule has 10 aromatic rings. The summed E-state index contributed by atoms with van der Waals surface area (Å²) in [6, 6.07) is 80.2. The van der Waals surface area contributed by atoms with Gasteiger partial charge in [-0.05, 0) is 92.9 Å². The normalized spacial score (nSPS) is 17.5. The van der Waals surface area contributed by atoms with E-state index in [2.05, 4.69) is 253 Å². The van der Waals surface area contributed by atoms with Crippen LogP contribution in [0.25, 0.3) is 55.0 Å². The molecule has 2 heteroatoms. The van der Waals surface area contributed by atoms with Gasteiger partial charge in [0, 0.05) is 50.1 Å². The molecule has 0 bridgehead atoms. The molecule has 0 spiro atoms. The van der Waals surface area contributed by atoms with Gasteiger partial charge >= 0.3 is 0 Å². The first-order valence-corrected chi connectivity index (χ1v) is 21.7. The monoisotopic (exact) mass is 792 g/mol. The number of benzene rings is 9. The second-order valence-corrected chi connectivity index (χ2v) is 17.1. The van der Waals surface area contributed by atoms with Crippen LogP contribution in [0.5, 0.6) is 0 Å². The summed E-state index contributed by atoms with van der Waals surface area (Å²) < 4.78 is 2.39. The minimum Gasteiger partial charge on any atom is -0.355 e. The van der Waals surface area contributed by atoms with E-state index in [1.54, 1.807) is 0 Å². The fourth-order valence-corrected chi connectivity index (χ4v) is 11.2. The van der Waals surface area contributed by atoms with E-state index < -0.39 is 5.41 Å². The average molecular weight is 793 g/mol. The second-order valence-electron chi connectivity index (χ2n) is 17.1. The molecule has 0 amide bonds. The molecule has 2 aliphatic carbocycles. The van der Waals surface area contributed by atoms with Gasteiger partial charge in [-0.15, -0.1) is 0 Å². The van der Waals surface area contributed by atoms with E-state index >= 15 is 0 Å². The van der Waals surface area contributed by atoms with Gasteiger partial charge in [0.2, 0.25) is 0 Å². The lowest BCUT2D eigenvalue weighted by Crippen LogP contribution is -2.43. The number of rotatable bonds is 7. The number of anilines is 2. The Balaban J connectivity index is 1.08. The molecule has 2 aliphatic rings. The Morgan fingerprint density at radius 2 is 1.10 bits per heavy atom. The predicted molar refractivity (Wildman–Crippen MR) is 261 cm³/mol. The van der Waals surface area contributed by atoms with Crippen LogP contribution in [0.15, 0.2) is 237 Å². The van der Waals surface area contributed by atoms with Crippen molar-refractivity contribution in [3.63, 3.8) is 0 Å². The van der Waals surface area contributed by atoms with Crippen molar-refractivity contribution < 1.29 is 0 Å². The molecule has 1 unspecified atom stereocenters. The number of hydrogen-bond acceptors (Lipinski definition) is 1. The highest BCUT2D eigenvalue weighted by molar-refractivity contribution is 6.10. The first-order chi connectivity index (χ1) is 30.6. The highest BCUT2D eigenvalue weighted by Gasteiger charge is 2.60. The summed E-state index contributed by atoms with van der Waals surface area (Å²) in [5.41, 5.74) is 15.1. The topological polar surface area (TPSA) is 17.0 Å². The molecule has 0 saturated carbocycles. The zero-order valence-electron chi connectivity index (χ0n) is 34.5. The summed E-state index contributed by atoms with van der Waals surface area (Å²) >= 11 is 0. The quantitative estimate of drug-likeness (QED) is 0.170. The number of hydrogen-bond donors (Lipinski definition) is 1. The SMILES string of the molecule is C[C@]12C=C(c3cc(-c4ccc5c(c4)c4ccccc4n5-c4ccccc4)ccc3Nc3cccc4ccccc34)C=CC1c1ccccc1C2(c1ccccc1)c1ccccc1. The van der Waals surface area contributed by atoms with Crippen molar-refractivity contribution in [3.8, 4) is 16.8 Å². The Kier molecular flexibility index (Phi) is 8.30. The highest BCUT2D eigenvalue weighted by atomic mass is 15.0. The lowest BCUT2D eigenvalue weighted by Gasteiger charge is -2.47. The van der Waals surface area contributed by atoms with Crippen molar-refractivity contribution >= 4 is 49.5 Å². The predicted octanol–water partition coefficient (Wildman–Crippen LogP) is 15.4. The maximum absolute atomic E-state index is 3.96. The summed E-state index contributed by atoms with van der Waals surface area (Å²) in [4.78, 5) is 0. The smallest absolute Gasteiger partial charge is 0.0551 e. The molecular formula is C60H44N2. The van der Waals surface area contributed by atoms with Crippen molar-refractivity contribution in [2.24, 2.45) is 5.41 Å². The van der Waals surface area contributed by atoms with Gasteiger partial charge in [-0.3, -0.25) is 0 Å². The summed E-state index contributed by atoms with van der Waals surface area (Å²) in [5.74, 6) is 0.171. The van der Waals surface area contributed by atoms with Gasteiger partial charge in [-0.25, -0.2) is 0 Å². The molecule has 0 fully saturated rings. The number of nitrogens with zero attached hydrogens (tertiary/aromatic N) is 1. The molecule has 0 saturated heterocycles. The van der Waals surface area contributed by atoms with Gasteiger partial charge in [0.25, 0.3) is 0 Å². The first-order valence-electron chi connectivity index (χ1n) is 21.7. The Morgan fingerprint density at radius 1 is 0.484 bits per heavy atom. The molecule has 62 heavy (non-hydrogen) atoms. The Bertz CT molecular complexity index is 3350. The van der Waals surface area contributed by atoms with Crippen molar-refractivity contribution in [1.82, 2.24) is 4.57 Å². The summed E-state index contributed by atoms with van der Waals surface area (Å²) in [5, 5.41) is 8.87. The van der Waals surface area contributed by atoms with Crippen molar-refractivity contribution in [2.45, 2.75) is 18.3 Å². The maximum atomic E-state index is 3.96. The molecule has 294 valence electrons. The third-order valence-electron chi connectivity index (χ3n) is 13.9. The second kappa shape index (κ2) is 14.2. The molecule has 1 aromatic heterocycles. The molecule has 2 atom stereocenters. The number of aromatic nitrogens is 1. The van der Waals surface area contributed by atoms with E-state index in [4.69, 9.17) is 0 Å². The zero-order chi connectivity index (χ0) is 41.3. The summed E-state index contributed by atoms with van der Waals surface area (Å²) in [7, 11) is 0. The Hall–Kier alpha value is -7.68. The highest BCUT2D eigenvalue weighted by Crippen LogP contribution is 2.67. The average Bonchev–Trinajstić information content (AvgIpc) is 3.79. The van der Waals surface area contributed by atoms with Crippen molar-refractivity contribution in [1.29, 1.82) is 0 Å². The maximum Gasteiger partial charge on any atom is 0.0551 e. The van der Waals surface area contributed by atoms with E-state index in [0.29, 0.717) is 0 Å². The minimum atomic E-state index is -0.439. The van der Waals surface area contributed by atoms with Gasteiger partial charge in [-0.1, -0.05) is 195 Å². The van der Waals surface area contributed by atoms with Gasteiger partial charge in [0.15, 0.2) is 0 Å². The third kappa shape index (κ3) is 5.36. The molecule has 0 radical (unpaired) electrons. The van der Waals surface area contributed by atoms with E-state index in [9.17, 15) is 0 Å². The largest absolute Gasteiger partial charge is 0.355 e. The van der Waals surface area contributed by atoms with Crippen LogP contribution >= 0.6 is 0 Å². The molecule has 1 heterocycles. The molecular weight excluding hydrogens is 749 g/mol. The van der Waals surface area contributed by atoms with Crippen LogP contribution in [0, 0.1) is 5.41 Å². The molecule has 12 rings (SSSR count). The first kappa shape index (κ1) is 36.2. The van der Waals surface area contributed by atoms with Crippen LogP contribution in [0.2, 0.25) is 0 Å². The van der Waals surface area contributed by atoms with Gasteiger partial charge < -0.3 is 9.88 Å². The summed E-state index contributed by atoms with van der Waals surface area (Å²) in [6.45, 7) is 2.50. The van der Waals surface area contributed by atoms with Crippen LogP contribution in [0.1, 0.15) is 40.7 Å².